The molecule has 0 bridgehead atoms. The Hall–Kier alpha value is -3.12. The van der Waals surface area contributed by atoms with Crippen LogP contribution < -0.4 is 26.6 Å². The number of hydrogen-bond acceptors (Lipinski definition) is 7. The molecule has 5 atom stereocenters. The lowest BCUT2D eigenvalue weighted by atomic mass is 9.83. The predicted molar refractivity (Wildman–Crippen MR) is 186 cm³/mol. The number of unbranched alkanes of at least 4 members (excludes halogenated alkanes) is 3. The molecule has 2 aliphatic heterocycles. The Bertz CT molecular complexity index is 1220. The van der Waals surface area contributed by atoms with Gasteiger partial charge in [0.15, 0.2) is 0 Å². The molecule has 2 heterocycles. The number of nitrogens with zero attached hydrogens (tertiary/aromatic N) is 1. The van der Waals surface area contributed by atoms with Crippen molar-refractivity contribution in [2.45, 2.75) is 122 Å². The van der Waals surface area contributed by atoms with Crippen molar-refractivity contribution in [2.75, 3.05) is 25.9 Å². The number of benzene rings is 1. The molecule has 2 saturated heterocycles. The number of carbonyl (C=O) groups is 5. The van der Waals surface area contributed by atoms with Gasteiger partial charge in [0.05, 0.1) is 17.5 Å². The maximum atomic E-state index is 13.7. The first-order valence-corrected chi connectivity index (χ1v) is 18.2. The second-order valence-electron chi connectivity index (χ2n) is 13.6. The molecular weight excluding hydrogens is 616 g/mol. The first kappa shape index (κ1) is 38.3. The minimum Gasteiger partial charge on any atom is -0.356 e. The van der Waals surface area contributed by atoms with Gasteiger partial charge in [-0.2, -0.15) is 0 Å². The average Bonchev–Trinajstić information content (AvgIpc) is 3.22. The third-order valence-electron chi connectivity index (χ3n) is 9.23. The van der Waals surface area contributed by atoms with Crippen molar-refractivity contribution in [1.82, 2.24) is 31.5 Å². The zero-order chi connectivity index (χ0) is 34.6. The number of hydrogen-bond donors (Lipinski definition) is 5. The largest absolute Gasteiger partial charge is 0.356 e. The van der Waals surface area contributed by atoms with Crippen molar-refractivity contribution in [3.63, 3.8) is 0 Å². The molecule has 2 unspecified atom stereocenters. The molecule has 0 saturated carbocycles. The van der Waals surface area contributed by atoms with E-state index in [1.807, 2.05) is 12.1 Å². The van der Waals surface area contributed by atoms with E-state index in [9.17, 15) is 24.0 Å². The van der Waals surface area contributed by atoms with E-state index in [-0.39, 0.29) is 52.4 Å². The van der Waals surface area contributed by atoms with Crippen molar-refractivity contribution in [1.29, 1.82) is 0 Å². The van der Waals surface area contributed by atoms with E-state index in [0.29, 0.717) is 6.42 Å². The van der Waals surface area contributed by atoms with Crippen molar-refractivity contribution >= 4 is 41.3 Å². The van der Waals surface area contributed by atoms with Crippen molar-refractivity contribution in [3.8, 4) is 0 Å². The summed E-state index contributed by atoms with van der Waals surface area (Å²) in [5, 5.41) is 14.6. The summed E-state index contributed by atoms with van der Waals surface area (Å²) in [4.78, 5) is 62.6. The average molecular weight is 673 g/mol. The van der Waals surface area contributed by atoms with Crippen LogP contribution in [0.5, 0.6) is 0 Å². The van der Waals surface area contributed by atoms with Crippen molar-refractivity contribution < 1.29 is 24.0 Å². The topological polar surface area (TPSA) is 149 Å². The molecule has 47 heavy (non-hydrogen) atoms. The fraction of sp³-hybridized carbons (Fsp3) is 0.686. The van der Waals surface area contributed by atoms with Crippen LogP contribution >= 0.6 is 11.8 Å². The Kier molecular flexibility index (Phi) is 15.0. The molecule has 4 rings (SSSR count). The number of aryl methyl sites for hydroxylation is 1. The zero-order valence-corrected chi connectivity index (χ0v) is 29.9. The van der Waals surface area contributed by atoms with Gasteiger partial charge in [-0.25, -0.2) is 0 Å². The van der Waals surface area contributed by atoms with Gasteiger partial charge in [-0.15, -0.1) is 11.8 Å². The van der Waals surface area contributed by atoms with Crippen LogP contribution in [0.3, 0.4) is 0 Å². The number of rotatable bonds is 12. The van der Waals surface area contributed by atoms with E-state index in [4.69, 9.17) is 0 Å². The smallest absolute Gasteiger partial charge is 0.246 e. The maximum absolute atomic E-state index is 13.7. The molecule has 3 aliphatic rings. The molecule has 2 fully saturated rings. The van der Waals surface area contributed by atoms with Crippen LogP contribution in [0.25, 0.3) is 0 Å². The summed E-state index contributed by atoms with van der Waals surface area (Å²) in [5.74, 6) is 0.404. The molecule has 1 aromatic rings. The van der Waals surface area contributed by atoms with E-state index >= 15 is 0 Å². The lowest BCUT2D eigenvalue weighted by molar-refractivity contribution is -0.144. The van der Waals surface area contributed by atoms with Crippen LogP contribution in [-0.2, 0) is 30.4 Å². The Balaban J connectivity index is 0.000000363. The first-order valence-electron chi connectivity index (χ1n) is 17.1. The van der Waals surface area contributed by atoms with Crippen molar-refractivity contribution in [2.24, 2.45) is 5.41 Å². The van der Waals surface area contributed by atoms with Crippen LogP contribution in [0.15, 0.2) is 24.3 Å². The van der Waals surface area contributed by atoms with Gasteiger partial charge in [0.25, 0.3) is 0 Å². The van der Waals surface area contributed by atoms with Gasteiger partial charge in [-0.1, -0.05) is 51.0 Å². The molecule has 262 valence electrons. The van der Waals surface area contributed by atoms with Gasteiger partial charge >= 0.3 is 0 Å². The van der Waals surface area contributed by atoms with Gasteiger partial charge in [-0.3, -0.25) is 24.0 Å². The highest BCUT2D eigenvalue weighted by molar-refractivity contribution is 7.99. The molecule has 0 radical (unpaired) electrons. The highest BCUT2D eigenvalue weighted by atomic mass is 32.2. The SMILES string of the molecule is CC(=O)NCCCCCCNC(C)=O.CN[C@@H](C)C(=O)N[C@H]1CCSC2CC(C)(C)C(C(=O)N[C@@H]3CCCc4ccccc43)N2C1=O. The van der Waals surface area contributed by atoms with Crippen LogP contribution in [0.1, 0.15) is 103 Å². The summed E-state index contributed by atoms with van der Waals surface area (Å²) in [7, 11) is 1.72. The minimum atomic E-state index is -0.606. The number of carbonyl (C=O) groups excluding carboxylic acids is 5. The Labute approximate surface area is 284 Å². The van der Waals surface area contributed by atoms with E-state index in [1.165, 1.54) is 25.0 Å². The van der Waals surface area contributed by atoms with Crippen molar-refractivity contribution in [3.05, 3.63) is 35.4 Å². The van der Waals surface area contributed by atoms with Crippen LogP contribution in [-0.4, -0.2) is 83.8 Å². The Morgan fingerprint density at radius 2 is 1.57 bits per heavy atom. The summed E-state index contributed by atoms with van der Waals surface area (Å²) in [6, 6.07) is 6.73. The van der Waals surface area contributed by atoms with Crippen LogP contribution in [0, 0.1) is 5.41 Å². The minimum absolute atomic E-state index is 0.0287. The molecule has 1 aliphatic carbocycles. The van der Waals surface area contributed by atoms with Gasteiger partial charge < -0.3 is 31.5 Å². The first-order chi connectivity index (χ1) is 22.4. The monoisotopic (exact) mass is 672 g/mol. The van der Waals surface area contributed by atoms with E-state index < -0.39 is 12.1 Å². The number of thioether (sulfide) groups is 1. The second-order valence-corrected chi connectivity index (χ2v) is 14.8. The van der Waals surface area contributed by atoms with Crippen LogP contribution in [0.4, 0.5) is 0 Å². The number of nitrogens with one attached hydrogen (secondary N) is 5. The van der Waals surface area contributed by atoms with Gasteiger partial charge in [0.1, 0.15) is 12.1 Å². The number of amides is 5. The highest BCUT2D eigenvalue weighted by Crippen LogP contribution is 2.46. The molecule has 0 aromatic heterocycles. The van der Waals surface area contributed by atoms with Gasteiger partial charge in [-0.05, 0) is 81.2 Å². The zero-order valence-electron chi connectivity index (χ0n) is 29.1. The van der Waals surface area contributed by atoms with E-state index in [2.05, 4.69) is 52.6 Å². The fourth-order valence-corrected chi connectivity index (χ4v) is 8.14. The van der Waals surface area contributed by atoms with E-state index in [1.54, 1.807) is 30.6 Å². The third-order valence-corrected chi connectivity index (χ3v) is 10.5. The fourth-order valence-electron chi connectivity index (χ4n) is 6.57. The number of fused-ring (bicyclic) bond motifs is 2. The highest BCUT2D eigenvalue weighted by Gasteiger charge is 2.54. The molecule has 11 nitrogen and oxygen atoms in total. The lowest BCUT2D eigenvalue weighted by Crippen LogP contribution is -2.58. The van der Waals surface area contributed by atoms with E-state index in [0.717, 1.165) is 70.2 Å². The molecule has 5 N–H and O–H groups in total. The summed E-state index contributed by atoms with van der Waals surface area (Å²) in [5.41, 5.74) is 2.13. The lowest BCUT2D eigenvalue weighted by Gasteiger charge is -2.36. The standard InChI is InChI=1S/C25H36N4O3S.C10H20N2O2/c1-15(26-4)22(30)28-19-12-13-33-20-14-25(2,3)21(29(20)24(19)32)23(31)27-18-11-7-9-16-8-5-6-10-17(16)18;1-9(13)11-7-5-3-4-6-8-12-10(2)14/h5-6,8,10,15,18-21,26H,7,9,11-14H2,1-4H3,(H,27,31)(H,28,30);3-8H2,1-2H3,(H,11,13)(H,12,14)/t15-,18+,19-,20?,21?;/m0./s1. The predicted octanol–water partition coefficient (Wildman–Crippen LogP) is 3.18. The quantitative estimate of drug-likeness (QED) is 0.214. The molecule has 1 aromatic carbocycles. The summed E-state index contributed by atoms with van der Waals surface area (Å²) in [6.07, 6.45) is 8.53. The summed E-state index contributed by atoms with van der Waals surface area (Å²) in [6.45, 7) is 10.5. The van der Waals surface area contributed by atoms with Gasteiger partial charge in [0.2, 0.25) is 29.5 Å². The number of likely N-dealkylation sites (N-methyl/N-ethyl adjacent to an activating group) is 1. The maximum Gasteiger partial charge on any atom is 0.246 e. The van der Waals surface area contributed by atoms with Crippen LogP contribution in [0.2, 0.25) is 0 Å². The Morgan fingerprint density at radius 1 is 0.936 bits per heavy atom. The molecular formula is C35H56N6O5S. The molecule has 5 amide bonds. The molecule has 0 spiro atoms. The normalized spacial score (nSPS) is 23.5. The Morgan fingerprint density at radius 3 is 2.19 bits per heavy atom. The summed E-state index contributed by atoms with van der Waals surface area (Å²) < 4.78 is 0. The second kappa shape index (κ2) is 18.4. The molecule has 12 heteroatoms. The van der Waals surface area contributed by atoms with Gasteiger partial charge in [0, 0.05) is 26.9 Å². The summed E-state index contributed by atoms with van der Waals surface area (Å²) >= 11 is 1.72. The third kappa shape index (κ3) is 11.2.